The summed E-state index contributed by atoms with van der Waals surface area (Å²) in [5, 5.41) is 9.23. The summed E-state index contributed by atoms with van der Waals surface area (Å²) in [4.78, 5) is 24.3. The van der Waals surface area contributed by atoms with Crippen molar-refractivity contribution < 1.29 is 19.4 Å². The van der Waals surface area contributed by atoms with Crippen LogP contribution in [0.1, 0.15) is 12.5 Å². The molecule has 0 radical (unpaired) electrons. The fraction of sp³-hybridized carbons (Fsp3) is 0.214. The van der Waals surface area contributed by atoms with Gasteiger partial charge in [0, 0.05) is 0 Å². The molecule has 1 saturated heterocycles. The van der Waals surface area contributed by atoms with Crippen LogP contribution in [0.15, 0.2) is 23.1 Å². The molecular formula is C14H12ClNO4S2. The van der Waals surface area contributed by atoms with Gasteiger partial charge >= 0.3 is 5.97 Å². The number of hydrogen-bond acceptors (Lipinski definition) is 5. The van der Waals surface area contributed by atoms with Crippen LogP contribution in [-0.2, 0) is 9.59 Å². The monoisotopic (exact) mass is 357 g/mol. The van der Waals surface area contributed by atoms with Gasteiger partial charge in [-0.05, 0) is 30.7 Å². The molecule has 0 aromatic heterocycles. The van der Waals surface area contributed by atoms with Crippen LogP contribution in [0.4, 0.5) is 0 Å². The smallest absolute Gasteiger partial charge is 0.323 e. The molecule has 0 spiro atoms. The van der Waals surface area contributed by atoms with Gasteiger partial charge in [-0.25, -0.2) is 0 Å². The minimum atomic E-state index is -1.11. The summed E-state index contributed by atoms with van der Waals surface area (Å²) in [5.41, 5.74) is 0.712. The number of nitrogens with zero attached hydrogens (tertiary/aromatic N) is 1. The Bertz CT molecular complexity index is 675. The van der Waals surface area contributed by atoms with Gasteiger partial charge in [0.25, 0.3) is 5.91 Å². The lowest BCUT2D eigenvalue weighted by atomic mass is 10.2. The molecule has 1 amide bonds. The molecule has 0 atom stereocenters. The third-order valence-electron chi connectivity index (χ3n) is 2.72. The Hall–Kier alpha value is -1.57. The Morgan fingerprint density at radius 2 is 2.27 bits per heavy atom. The number of thioether (sulfide) groups is 1. The number of halogens is 1. The van der Waals surface area contributed by atoms with Gasteiger partial charge in [-0.1, -0.05) is 41.6 Å². The number of ether oxygens (including phenoxy) is 1. The Labute approximate surface area is 141 Å². The Morgan fingerprint density at radius 3 is 2.86 bits per heavy atom. The summed E-state index contributed by atoms with van der Waals surface area (Å²) in [7, 11) is 0. The fourth-order valence-corrected chi connectivity index (χ4v) is 3.30. The zero-order valence-corrected chi connectivity index (χ0v) is 13.9. The summed E-state index contributed by atoms with van der Waals surface area (Å²) in [5.74, 6) is -0.955. The number of carbonyl (C=O) groups excluding carboxylic acids is 1. The molecule has 2 rings (SSSR count). The molecule has 8 heteroatoms. The summed E-state index contributed by atoms with van der Waals surface area (Å²) in [6, 6.07) is 5.16. The highest BCUT2D eigenvalue weighted by molar-refractivity contribution is 8.26. The van der Waals surface area contributed by atoms with Crippen LogP contribution in [-0.4, -0.2) is 39.4 Å². The van der Waals surface area contributed by atoms with E-state index in [4.69, 9.17) is 33.7 Å². The minimum Gasteiger partial charge on any atom is -0.492 e. The van der Waals surface area contributed by atoms with Crippen LogP contribution in [0.3, 0.4) is 0 Å². The minimum absolute atomic E-state index is 0.232. The maximum atomic E-state index is 12.1. The Kier molecular flexibility index (Phi) is 5.44. The normalized spacial score (nSPS) is 16.5. The number of carboxylic acid groups (broad SMARTS) is 1. The molecular weight excluding hydrogens is 346 g/mol. The molecule has 1 aliphatic rings. The first-order valence-electron chi connectivity index (χ1n) is 6.32. The molecule has 1 heterocycles. The van der Waals surface area contributed by atoms with Crippen LogP contribution in [0, 0.1) is 0 Å². The van der Waals surface area contributed by atoms with E-state index < -0.39 is 18.4 Å². The number of benzene rings is 1. The maximum absolute atomic E-state index is 12.1. The molecule has 0 saturated carbocycles. The van der Waals surface area contributed by atoms with Gasteiger partial charge in [0.2, 0.25) is 0 Å². The van der Waals surface area contributed by atoms with E-state index in [0.717, 1.165) is 16.7 Å². The number of rotatable bonds is 5. The predicted molar refractivity (Wildman–Crippen MR) is 90.1 cm³/mol. The zero-order valence-electron chi connectivity index (χ0n) is 11.5. The third-order valence-corrected chi connectivity index (χ3v) is 4.39. The van der Waals surface area contributed by atoms with Gasteiger partial charge in [-0.3, -0.25) is 14.5 Å². The average Bonchev–Trinajstić information content (AvgIpc) is 2.69. The topological polar surface area (TPSA) is 66.8 Å². The molecule has 0 aliphatic carbocycles. The molecule has 1 fully saturated rings. The second kappa shape index (κ2) is 7.13. The van der Waals surface area contributed by atoms with Gasteiger partial charge < -0.3 is 9.84 Å². The van der Waals surface area contributed by atoms with Crippen LogP contribution in [0.2, 0.25) is 5.02 Å². The van der Waals surface area contributed by atoms with Crippen molar-refractivity contribution in [3.63, 3.8) is 0 Å². The summed E-state index contributed by atoms with van der Waals surface area (Å²) in [6.07, 6.45) is 1.63. The highest BCUT2D eigenvalue weighted by Crippen LogP contribution is 2.33. The van der Waals surface area contributed by atoms with Crippen molar-refractivity contribution in [1.29, 1.82) is 0 Å². The first-order valence-corrected chi connectivity index (χ1v) is 7.92. The van der Waals surface area contributed by atoms with E-state index in [9.17, 15) is 9.59 Å². The van der Waals surface area contributed by atoms with Gasteiger partial charge in [-0.2, -0.15) is 0 Å². The van der Waals surface area contributed by atoms with Crippen molar-refractivity contribution in [2.75, 3.05) is 13.2 Å². The average molecular weight is 358 g/mol. The molecule has 5 nitrogen and oxygen atoms in total. The number of hydrogen-bond donors (Lipinski definition) is 1. The maximum Gasteiger partial charge on any atom is 0.323 e. The third kappa shape index (κ3) is 3.79. The lowest BCUT2D eigenvalue weighted by Crippen LogP contribution is -2.33. The van der Waals surface area contributed by atoms with Gasteiger partial charge in [-0.15, -0.1) is 0 Å². The molecule has 116 valence electrons. The molecule has 1 aromatic rings. The Balaban J connectivity index is 2.23. The lowest BCUT2D eigenvalue weighted by Gasteiger charge is -2.10. The number of carbonyl (C=O) groups is 2. The first-order chi connectivity index (χ1) is 10.4. The highest BCUT2D eigenvalue weighted by Gasteiger charge is 2.33. The number of amides is 1. The van der Waals surface area contributed by atoms with Crippen LogP contribution < -0.4 is 4.74 Å². The molecule has 0 unspecified atom stereocenters. The second-order valence-electron chi connectivity index (χ2n) is 4.28. The fourth-order valence-electron chi connectivity index (χ4n) is 1.80. The largest absolute Gasteiger partial charge is 0.492 e. The van der Waals surface area contributed by atoms with Crippen molar-refractivity contribution in [3.05, 3.63) is 33.7 Å². The van der Waals surface area contributed by atoms with E-state index in [1.165, 1.54) is 0 Å². The summed E-state index contributed by atoms with van der Waals surface area (Å²) < 4.78 is 5.57. The van der Waals surface area contributed by atoms with Crippen molar-refractivity contribution in [2.24, 2.45) is 0 Å². The second-order valence-corrected chi connectivity index (χ2v) is 6.37. The standard InChI is InChI=1S/C14H12ClNO4S2/c1-2-20-10-4-3-8(5-9(10)15)6-11-13(19)16(7-12(17)18)14(21)22-11/h3-6H,2,7H2,1H3,(H,17,18). The lowest BCUT2D eigenvalue weighted by molar-refractivity contribution is -0.140. The van der Waals surface area contributed by atoms with Crippen LogP contribution in [0.5, 0.6) is 5.75 Å². The molecule has 0 bridgehead atoms. The molecule has 1 aliphatic heterocycles. The molecule has 22 heavy (non-hydrogen) atoms. The number of aliphatic carboxylic acids is 1. The van der Waals surface area contributed by atoms with Crippen LogP contribution in [0.25, 0.3) is 6.08 Å². The van der Waals surface area contributed by atoms with Gasteiger partial charge in [0.1, 0.15) is 16.6 Å². The van der Waals surface area contributed by atoms with E-state index in [-0.39, 0.29) is 4.32 Å². The van der Waals surface area contributed by atoms with Crippen molar-refractivity contribution >= 4 is 57.9 Å². The van der Waals surface area contributed by atoms with Crippen molar-refractivity contribution in [3.8, 4) is 5.75 Å². The number of carboxylic acids is 1. The van der Waals surface area contributed by atoms with E-state index in [1.807, 2.05) is 6.92 Å². The van der Waals surface area contributed by atoms with Crippen molar-refractivity contribution in [1.82, 2.24) is 4.90 Å². The van der Waals surface area contributed by atoms with E-state index in [0.29, 0.717) is 27.8 Å². The van der Waals surface area contributed by atoms with E-state index in [1.54, 1.807) is 24.3 Å². The Morgan fingerprint density at radius 1 is 1.55 bits per heavy atom. The zero-order chi connectivity index (χ0) is 16.3. The highest BCUT2D eigenvalue weighted by atomic mass is 35.5. The predicted octanol–water partition coefficient (Wildman–Crippen LogP) is 3.02. The quantitative estimate of drug-likeness (QED) is 0.645. The summed E-state index contributed by atoms with van der Waals surface area (Å²) in [6.45, 7) is 1.93. The van der Waals surface area contributed by atoms with E-state index in [2.05, 4.69) is 0 Å². The molecule has 1 aromatic carbocycles. The van der Waals surface area contributed by atoms with E-state index >= 15 is 0 Å². The first kappa shape index (κ1) is 16.8. The molecule has 1 N–H and O–H groups in total. The number of thiocarbonyl (C=S) groups is 1. The SMILES string of the molecule is CCOc1ccc(C=C2SC(=S)N(CC(=O)O)C2=O)cc1Cl. The van der Waals surface area contributed by atoms with Gasteiger partial charge in [0.15, 0.2) is 0 Å². The van der Waals surface area contributed by atoms with Gasteiger partial charge in [0.05, 0.1) is 16.5 Å². The van der Waals surface area contributed by atoms with Crippen LogP contribution >= 0.6 is 35.6 Å². The van der Waals surface area contributed by atoms with Crippen molar-refractivity contribution in [2.45, 2.75) is 6.92 Å². The summed E-state index contributed by atoms with van der Waals surface area (Å²) >= 11 is 12.2.